The molecule has 0 fully saturated rings. The van der Waals surface area contributed by atoms with E-state index in [4.69, 9.17) is 5.11 Å². The molecule has 0 aromatic heterocycles. The molecule has 21 heavy (non-hydrogen) atoms. The van der Waals surface area contributed by atoms with E-state index >= 15 is 0 Å². The van der Waals surface area contributed by atoms with Gasteiger partial charge in [-0.1, -0.05) is 19.9 Å². The lowest BCUT2D eigenvalue weighted by Gasteiger charge is -2.05. The molecule has 1 N–H and O–H groups in total. The molecule has 108 valence electrons. The number of azo groups is 1. The van der Waals surface area contributed by atoms with Crippen LogP contribution < -0.4 is 0 Å². The summed E-state index contributed by atoms with van der Waals surface area (Å²) >= 11 is 0. The van der Waals surface area contributed by atoms with Crippen LogP contribution in [-0.4, -0.2) is 11.1 Å². The molecule has 0 saturated carbocycles. The summed E-state index contributed by atoms with van der Waals surface area (Å²) in [5.41, 5.74) is 4.32. The van der Waals surface area contributed by atoms with E-state index in [-0.39, 0.29) is 5.56 Å². The summed E-state index contributed by atoms with van der Waals surface area (Å²) in [6.45, 7) is 4.26. The fraction of sp³-hybridized carbons (Fsp3) is 0.235. The van der Waals surface area contributed by atoms with Gasteiger partial charge < -0.3 is 5.11 Å². The van der Waals surface area contributed by atoms with Crippen molar-refractivity contribution >= 4 is 17.3 Å². The van der Waals surface area contributed by atoms with Crippen LogP contribution >= 0.6 is 0 Å². The molecule has 4 heteroatoms. The Morgan fingerprint density at radius 1 is 0.905 bits per heavy atom. The molecule has 2 rings (SSSR count). The highest BCUT2D eigenvalue weighted by Gasteiger charge is 2.02. The van der Waals surface area contributed by atoms with Gasteiger partial charge in [-0.25, -0.2) is 4.79 Å². The molecule has 0 bridgehead atoms. The van der Waals surface area contributed by atoms with Crippen molar-refractivity contribution in [2.24, 2.45) is 10.2 Å². The average Bonchev–Trinajstić information content (AvgIpc) is 2.52. The summed E-state index contributed by atoms with van der Waals surface area (Å²) in [6.07, 6.45) is 1.98. The molecule has 0 aliphatic carbocycles. The molecule has 0 heterocycles. The SMILES string of the molecule is CCc1ccc(/N=N/c2ccc(C(=O)O)cc2)cc1CC. The Morgan fingerprint density at radius 2 is 1.48 bits per heavy atom. The number of aryl methyl sites for hydroxylation is 2. The number of benzene rings is 2. The van der Waals surface area contributed by atoms with Gasteiger partial charge in [0.15, 0.2) is 0 Å². The van der Waals surface area contributed by atoms with Gasteiger partial charge in [0, 0.05) is 0 Å². The maximum absolute atomic E-state index is 10.8. The van der Waals surface area contributed by atoms with Crippen LogP contribution in [0.25, 0.3) is 0 Å². The van der Waals surface area contributed by atoms with E-state index in [2.05, 4.69) is 30.1 Å². The molecule has 2 aromatic carbocycles. The van der Waals surface area contributed by atoms with Crippen LogP contribution in [0.5, 0.6) is 0 Å². The van der Waals surface area contributed by atoms with Gasteiger partial charge in [-0.3, -0.25) is 0 Å². The van der Waals surface area contributed by atoms with E-state index < -0.39 is 5.97 Å². The summed E-state index contributed by atoms with van der Waals surface area (Å²) in [6, 6.07) is 12.4. The zero-order valence-corrected chi connectivity index (χ0v) is 12.2. The molecule has 0 spiro atoms. The van der Waals surface area contributed by atoms with Gasteiger partial charge in [0.1, 0.15) is 0 Å². The molecular formula is C17H18N2O2. The van der Waals surface area contributed by atoms with Crippen molar-refractivity contribution in [3.05, 3.63) is 59.2 Å². The second-order valence-corrected chi connectivity index (χ2v) is 4.71. The molecule has 0 atom stereocenters. The minimum Gasteiger partial charge on any atom is -0.478 e. The van der Waals surface area contributed by atoms with E-state index in [0.717, 1.165) is 18.5 Å². The second-order valence-electron chi connectivity index (χ2n) is 4.71. The lowest BCUT2D eigenvalue weighted by molar-refractivity contribution is 0.0697. The Balaban J connectivity index is 2.18. The van der Waals surface area contributed by atoms with E-state index in [1.54, 1.807) is 12.1 Å². The van der Waals surface area contributed by atoms with Crippen molar-refractivity contribution < 1.29 is 9.90 Å². The number of hydrogen-bond donors (Lipinski definition) is 1. The highest BCUT2D eigenvalue weighted by atomic mass is 16.4. The van der Waals surface area contributed by atoms with Crippen molar-refractivity contribution in [3.8, 4) is 0 Å². The first-order valence-corrected chi connectivity index (χ1v) is 7.01. The third-order valence-corrected chi connectivity index (χ3v) is 3.35. The summed E-state index contributed by atoms with van der Waals surface area (Å²) in [7, 11) is 0. The number of hydrogen-bond acceptors (Lipinski definition) is 3. The van der Waals surface area contributed by atoms with Crippen LogP contribution in [0.1, 0.15) is 35.3 Å². The van der Waals surface area contributed by atoms with Crippen molar-refractivity contribution in [2.75, 3.05) is 0 Å². The molecule has 0 saturated heterocycles. The molecule has 0 aliphatic heterocycles. The van der Waals surface area contributed by atoms with E-state index in [0.29, 0.717) is 5.69 Å². The minimum atomic E-state index is -0.943. The largest absolute Gasteiger partial charge is 0.478 e. The lowest BCUT2D eigenvalue weighted by atomic mass is 10.0. The number of carboxylic acid groups (broad SMARTS) is 1. The lowest BCUT2D eigenvalue weighted by Crippen LogP contribution is -1.93. The highest BCUT2D eigenvalue weighted by molar-refractivity contribution is 5.87. The number of carboxylic acids is 1. The molecular weight excluding hydrogens is 264 g/mol. The van der Waals surface area contributed by atoms with Gasteiger partial charge in [0.05, 0.1) is 16.9 Å². The standard InChI is InChI=1S/C17H18N2O2/c1-3-12-5-10-16(11-13(12)4-2)19-18-15-8-6-14(7-9-15)17(20)21/h5-11H,3-4H2,1-2H3,(H,20,21)/b19-18+. The van der Waals surface area contributed by atoms with Crippen LogP contribution in [-0.2, 0) is 12.8 Å². The van der Waals surface area contributed by atoms with Gasteiger partial charge in [-0.2, -0.15) is 10.2 Å². The minimum absolute atomic E-state index is 0.245. The average molecular weight is 282 g/mol. The van der Waals surface area contributed by atoms with Crippen LogP contribution in [0.15, 0.2) is 52.7 Å². The third kappa shape index (κ3) is 3.75. The predicted octanol–water partition coefficient (Wildman–Crippen LogP) is 4.93. The Bertz CT molecular complexity index is 661. The normalized spacial score (nSPS) is 11.0. The van der Waals surface area contributed by atoms with Gasteiger partial charge in [-0.15, -0.1) is 0 Å². The van der Waals surface area contributed by atoms with Crippen LogP contribution in [0.3, 0.4) is 0 Å². The van der Waals surface area contributed by atoms with Gasteiger partial charge in [0.25, 0.3) is 0 Å². The first-order chi connectivity index (χ1) is 10.1. The number of carbonyl (C=O) groups is 1. The van der Waals surface area contributed by atoms with Crippen molar-refractivity contribution in [1.82, 2.24) is 0 Å². The quantitative estimate of drug-likeness (QED) is 0.791. The van der Waals surface area contributed by atoms with E-state index in [1.165, 1.54) is 23.3 Å². The Kier molecular flexibility index (Phi) is 4.82. The summed E-state index contributed by atoms with van der Waals surface area (Å²) in [5, 5.41) is 17.2. The fourth-order valence-electron chi connectivity index (χ4n) is 2.13. The third-order valence-electron chi connectivity index (χ3n) is 3.35. The topological polar surface area (TPSA) is 62.0 Å². The molecule has 0 radical (unpaired) electrons. The Hall–Kier alpha value is -2.49. The Labute approximate surface area is 124 Å². The number of aromatic carboxylic acids is 1. The molecule has 0 amide bonds. The Morgan fingerprint density at radius 3 is 2.05 bits per heavy atom. The highest BCUT2D eigenvalue weighted by Crippen LogP contribution is 2.22. The monoisotopic (exact) mass is 282 g/mol. The van der Waals surface area contributed by atoms with Crippen LogP contribution in [0.2, 0.25) is 0 Å². The molecule has 0 aliphatic rings. The predicted molar refractivity (Wildman–Crippen MR) is 82.8 cm³/mol. The molecule has 4 nitrogen and oxygen atoms in total. The second kappa shape index (κ2) is 6.79. The summed E-state index contributed by atoms with van der Waals surface area (Å²) < 4.78 is 0. The van der Waals surface area contributed by atoms with Crippen LogP contribution in [0, 0.1) is 0 Å². The van der Waals surface area contributed by atoms with E-state index in [1.807, 2.05) is 12.1 Å². The van der Waals surface area contributed by atoms with Crippen molar-refractivity contribution in [3.63, 3.8) is 0 Å². The summed E-state index contributed by atoms with van der Waals surface area (Å²) in [4.78, 5) is 10.8. The van der Waals surface area contributed by atoms with Gasteiger partial charge in [-0.05, 0) is 60.4 Å². The first-order valence-electron chi connectivity index (χ1n) is 7.01. The smallest absolute Gasteiger partial charge is 0.335 e. The molecule has 2 aromatic rings. The van der Waals surface area contributed by atoms with Crippen molar-refractivity contribution in [1.29, 1.82) is 0 Å². The van der Waals surface area contributed by atoms with Crippen molar-refractivity contribution in [2.45, 2.75) is 26.7 Å². The van der Waals surface area contributed by atoms with Gasteiger partial charge in [0.2, 0.25) is 0 Å². The van der Waals surface area contributed by atoms with E-state index in [9.17, 15) is 4.79 Å². The van der Waals surface area contributed by atoms with Gasteiger partial charge >= 0.3 is 5.97 Å². The summed E-state index contributed by atoms with van der Waals surface area (Å²) in [5.74, 6) is -0.943. The first kappa shape index (κ1) is 14.9. The zero-order chi connectivity index (χ0) is 15.2. The van der Waals surface area contributed by atoms with Crippen LogP contribution in [0.4, 0.5) is 11.4 Å². The molecule has 0 unspecified atom stereocenters. The number of rotatable bonds is 5. The zero-order valence-electron chi connectivity index (χ0n) is 12.2. The maximum Gasteiger partial charge on any atom is 0.335 e. The number of nitrogens with zero attached hydrogens (tertiary/aromatic N) is 2. The fourth-order valence-corrected chi connectivity index (χ4v) is 2.13. The maximum atomic E-state index is 10.8.